The van der Waals surface area contributed by atoms with Crippen LogP contribution in [0.25, 0.3) is 16.6 Å². The van der Waals surface area contributed by atoms with Crippen LogP contribution in [-0.2, 0) is 4.79 Å². The van der Waals surface area contributed by atoms with E-state index < -0.39 is 18.0 Å². The van der Waals surface area contributed by atoms with Gasteiger partial charge in [0.15, 0.2) is 0 Å². The molecule has 1 saturated heterocycles. The monoisotopic (exact) mass is 505 g/mol. The molecule has 0 spiro atoms. The van der Waals surface area contributed by atoms with Crippen molar-refractivity contribution < 1.29 is 14.0 Å². The van der Waals surface area contributed by atoms with E-state index in [1.165, 1.54) is 18.3 Å². The van der Waals surface area contributed by atoms with E-state index >= 15 is 0 Å². The van der Waals surface area contributed by atoms with Gasteiger partial charge in [0.25, 0.3) is 5.91 Å². The number of benzene rings is 3. The van der Waals surface area contributed by atoms with Crippen molar-refractivity contribution in [1.82, 2.24) is 20.1 Å². The lowest BCUT2D eigenvalue weighted by Gasteiger charge is -2.29. The molecule has 1 aliphatic heterocycles. The average Bonchev–Trinajstić information content (AvgIpc) is 3.48. The second-order valence-corrected chi connectivity index (χ2v) is 9.37. The molecule has 8 heteroatoms. The number of aromatic nitrogens is 3. The number of nitrogens with zero attached hydrogens (tertiary/aromatic N) is 4. The molecule has 0 unspecified atom stereocenters. The van der Waals surface area contributed by atoms with Gasteiger partial charge in [0.2, 0.25) is 5.91 Å². The highest BCUT2D eigenvalue weighted by Gasteiger charge is 2.48. The van der Waals surface area contributed by atoms with Crippen LogP contribution in [0, 0.1) is 11.7 Å². The van der Waals surface area contributed by atoms with E-state index in [0.717, 1.165) is 22.2 Å². The van der Waals surface area contributed by atoms with Crippen molar-refractivity contribution in [3.05, 3.63) is 120 Å². The summed E-state index contributed by atoms with van der Waals surface area (Å²) in [6, 6.07) is 24.1. The first-order chi connectivity index (χ1) is 18.5. The molecule has 2 aromatic heterocycles. The fourth-order valence-corrected chi connectivity index (χ4v) is 5.13. The first-order valence-corrected chi connectivity index (χ1v) is 12.3. The number of halogens is 1. The van der Waals surface area contributed by atoms with Crippen molar-refractivity contribution in [2.45, 2.75) is 19.0 Å². The van der Waals surface area contributed by atoms with Crippen LogP contribution in [0.5, 0.6) is 0 Å². The maximum Gasteiger partial charge on any atom is 0.253 e. The predicted octanol–water partition coefficient (Wildman–Crippen LogP) is 5.08. The molecule has 3 atom stereocenters. The number of hydrogen-bond acceptors (Lipinski definition) is 4. The molecule has 3 aromatic carbocycles. The van der Waals surface area contributed by atoms with Gasteiger partial charge < -0.3 is 10.2 Å². The molecule has 0 radical (unpaired) electrons. The summed E-state index contributed by atoms with van der Waals surface area (Å²) >= 11 is 0. The summed E-state index contributed by atoms with van der Waals surface area (Å²) in [6.07, 6.45) is 4.85. The average molecular weight is 506 g/mol. The number of carbonyl (C=O) groups is 2. The molecule has 38 heavy (non-hydrogen) atoms. The van der Waals surface area contributed by atoms with Gasteiger partial charge in [-0.3, -0.25) is 14.6 Å². The summed E-state index contributed by atoms with van der Waals surface area (Å²) < 4.78 is 15.2. The predicted molar refractivity (Wildman–Crippen MR) is 142 cm³/mol. The van der Waals surface area contributed by atoms with Crippen molar-refractivity contribution >= 4 is 28.4 Å². The highest BCUT2D eigenvalue weighted by Crippen LogP contribution is 2.41. The molecule has 1 aliphatic rings. The zero-order chi connectivity index (χ0) is 26.2. The Kier molecular flexibility index (Phi) is 5.92. The van der Waals surface area contributed by atoms with E-state index in [1.807, 2.05) is 55.5 Å². The number of anilines is 1. The first kappa shape index (κ1) is 23.5. The maximum atomic E-state index is 13.7. The second-order valence-electron chi connectivity index (χ2n) is 9.37. The van der Waals surface area contributed by atoms with Crippen LogP contribution < -0.4 is 10.2 Å². The van der Waals surface area contributed by atoms with Crippen LogP contribution in [0.4, 0.5) is 10.1 Å². The van der Waals surface area contributed by atoms with Crippen LogP contribution in [0.1, 0.15) is 28.9 Å². The topological polar surface area (TPSA) is 80.1 Å². The minimum absolute atomic E-state index is 0.0828. The fraction of sp³-hybridized carbons (Fsp3) is 0.133. The molecule has 5 aromatic rings. The Morgan fingerprint density at radius 3 is 2.42 bits per heavy atom. The molecular weight excluding hydrogens is 481 g/mol. The number of fused-ring (bicyclic) bond motifs is 1. The number of pyridine rings is 1. The third-order valence-corrected chi connectivity index (χ3v) is 7.05. The van der Waals surface area contributed by atoms with Crippen molar-refractivity contribution in [2.24, 2.45) is 5.92 Å². The number of carbonyl (C=O) groups excluding carboxylic acids is 2. The second kappa shape index (κ2) is 9.55. The van der Waals surface area contributed by atoms with Gasteiger partial charge >= 0.3 is 0 Å². The highest BCUT2D eigenvalue weighted by molar-refractivity contribution is 6.02. The normalized spacial score (nSPS) is 19.2. The number of rotatable bonds is 5. The van der Waals surface area contributed by atoms with Crippen LogP contribution in [-0.4, -0.2) is 32.6 Å². The van der Waals surface area contributed by atoms with Crippen molar-refractivity contribution in [3.63, 3.8) is 0 Å². The summed E-state index contributed by atoms with van der Waals surface area (Å²) in [4.78, 5) is 32.6. The van der Waals surface area contributed by atoms with Gasteiger partial charge in [-0.25, -0.2) is 9.07 Å². The maximum absolute atomic E-state index is 13.7. The Labute approximate surface area is 218 Å². The van der Waals surface area contributed by atoms with Crippen molar-refractivity contribution in [2.75, 3.05) is 4.90 Å². The van der Waals surface area contributed by atoms with Gasteiger partial charge in [-0.1, -0.05) is 37.3 Å². The quantitative estimate of drug-likeness (QED) is 0.361. The lowest BCUT2D eigenvalue weighted by atomic mass is 9.94. The minimum Gasteiger partial charge on any atom is -0.346 e. The van der Waals surface area contributed by atoms with Crippen LogP contribution >= 0.6 is 0 Å². The summed E-state index contributed by atoms with van der Waals surface area (Å²) in [5.41, 5.74) is 3.63. The van der Waals surface area contributed by atoms with E-state index in [9.17, 15) is 14.0 Å². The molecule has 6 rings (SSSR count). The van der Waals surface area contributed by atoms with E-state index in [1.54, 1.807) is 46.2 Å². The van der Waals surface area contributed by atoms with Crippen LogP contribution in [0.15, 0.2) is 104 Å². The van der Waals surface area contributed by atoms with Crippen molar-refractivity contribution in [1.29, 1.82) is 0 Å². The van der Waals surface area contributed by atoms with E-state index in [2.05, 4.69) is 15.4 Å². The fourth-order valence-electron chi connectivity index (χ4n) is 5.13. The lowest BCUT2D eigenvalue weighted by Crippen LogP contribution is -2.42. The number of hydrogen-bond donors (Lipinski definition) is 1. The molecule has 2 amide bonds. The van der Waals surface area contributed by atoms with Gasteiger partial charge in [-0.15, -0.1) is 0 Å². The zero-order valence-electron chi connectivity index (χ0n) is 20.5. The SMILES string of the molecule is C[C@@H]1C(=O)N(c2ccc3c(cnn3-c3ccc(F)cc3)c2)[C@H](c2ccccc2)[C@H]1NC(=O)c1cccnc1. The van der Waals surface area contributed by atoms with E-state index in [-0.39, 0.29) is 17.6 Å². The molecule has 3 heterocycles. The van der Waals surface area contributed by atoms with Crippen molar-refractivity contribution in [3.8, 4) is 5.69 Å². The molecule has 0 bridgehead atoms. The number of amides is 2. The Bertz CT molecular complexity index is 1620. The molecule has 7 nitrogen and oxygen atoms in total. The van der Waals surface area contributed by atoms with Crippen LogP contribution in [0.2, 0.25) is 0 Å². The Morgan fingerprint density at radius 2 is 1.68 bits per heavy atom. The molecular formula is C30H24FN5O2. The molecule has 188 valence electrons. The summed E-state index contributed by atoms with van der Waals surface area (Å²) in [6.45, 7) is 1.84. The van der Waals surface area contributed by atoms with Gasteiger partial charge in [-0.2, -0.15) is 5.10 Å². The smallest absolute Gasteiger partial charge is 0.253 e. The van der Waals surface area contributed by atoms with E-state index in [0.29, 0.717) is 11.3 Å². The molecule has 0 saturated carbocycles. The largest absolute Gasteiger partial charge is 0.346 e. The minimum atomic E-state index is -0.463. The van der Waals surface area contributed by atoms with Gasteiger partial charge in [0, 0.05) is 23.5 Å². The van der Waals surface area contributed by atoms with Gasteiger partial charge in [-0.05, 0) is 60.2 Å². The highest BCUT2D eigenvalue weighted by atomic mass is 19.1. The zero-order valence-corrected chi connectivity index (χ0v) is 20.5. The van der Waals surface area contributed by atoms with E-state index in [4.69, 9.17) is 0 Å². The molecule has 1 N–H and O–H groups in total. The Balaban J connectivity index is 1.39. The Morgan fingerprint density at radius 1 is 0.921 bits per heavy atom. The summed E-state index contributed by atoms with van der Waals surface area (Å²) in [5, 5.41) is 8.43. The number of nitrogens with one attached hydrogen (secondary N) is 1. The third kappa shape index (κ3) is 4.10. The first-order valence-electron chi connectivity index (χ1n) is 12.3. The molecule has 0 aliphatic carbocycles. The van der Waals surface area contributed by atoms with Gasteiger partial charge in [0.1, 0.15) is 5.82 Å². The lowest BCUT2D eigenvalue weighted by molar-refractivity contribution is -0.120. The third-order valence-electron chi connectivity index (χ3n) is 7.05. The van der Waals surface area contributed by atoms with Gasteiger partial charge in [0.05, 0.1) is 41.0 Å². The standard InChI is InChI=1S/C30H24FN5O2/c1-19-27(34-29(37)21-8-5-15-32-17-21)28(20-6-3-2-4-7-20)35(30(19)38)25-13-14-26-22(16-25)18-33-36(26)24-11-9-23(31)10-12-24/h2-19,27-28H,1H3,(H,34,37)/t19-,27-,28+/m0/s1. The Hall–Kier alpha value is -4.85. The van der Waals surface area contributed by atoms with Crippen LogP contribution in [0.3, 0.4) is 0 Å². The summed E-state index contributed by atoms with van der Waals surface area (Å²) in [5.74, 6) is -1.13. The summed E-state index contributed by atoms with van der Waals surface area (Å²) in [7, 11) is 0. The molecule has 1 fully saturated rings.